The molecule has 1 aromatic heterocycles. The van der Waals surface area contributed by atoms with Crippen molar-refractivity contribution >= 4 is 17.1 Å². The van der Waals surface area contributed by atoms with Gasteiger partial charge in [0.15, 0.2) is 5.82 Å². The zero-order valence-electron chi connectivity index (χ0n) is 30.5. The minimum absolute atomic E-state index is 0.472. The summed E-state index contributed by atoms with van der Waals surface area (Å²) in [6.07, 6.45) is 0. The molecule has 0 fully saturated rings. The second kappa shape index (κ2) is 12.9. The summed E-state index contributed by atoms with van der Waals surface area (Å²) in [6, 6.07) is 76.1. The molecule has 56 heavy (non-hydrogen) atoms. The third-order valence-electron chi connectivity index (χ3n) is 11.5. The molecule has 0 N–H and O–H groups in total. The molecule has 1 aliphatic carbocycles. The Morgan fingerprint density at radius 3 is 1.30 bits per heavy atom. The van der Waals surface area contributed by atoms with E-state index in [1.807, 2.05) is 18.2 Å². The fraction of sp³-hybridized carbons (Fsp3) is 0.0189. The van der Waals surface area contributed by atoms with Crippen LogP contribution in [0.25, 0.3) is 56.2 Å². The first-order valence-electron chi connectivity index (χ1n) is 19.2. The molecule has 0 atom stereocenters. The Labute approximate surface area is 326 Å². The number of anilines is 3. The normalized spacial score (nSPS) is 13.1. The first-order valence-corrected chi connectivity index (χ1v) is 19.2. The van der Waals surface area contributed by atoms with Crippen molar-refractivity contribution < 1.29 is 0 Å². The van der Waals surface area contributed by atoms with Crippen LogP contribution in [-0.2, 0) is 5.41 Å². The number of benzene rings is 8. The van der Waals surface area contributed by atoms with Crippen LogP contribution in [0.4, 0.5) is 17.1 Å². The van der Waals surface area contributed by atoms with Crippen LogP contribution in [0.3, 0.4) is 0 Å². The third-order valence-corrected chi connectivity index (χ3v) is 11.5. The zero-order valence-corrected chi connectivity index (χ0v) is 30.5. The van der Waals surface area contributed by atoms with Gasteiger partial charge in [0.1, 0.15) is 0 Å². The Hall–Kier alpha value is -7.36. The molecule has 0 saturated carbocycles. The van der Waals surface area contributed by atoms with E-state index in [2.05, 4.69) is 199 Å². The highest BCUT2D eigenvalue weighted by molar-refractivity contribution is 5.98. The van der Waals surface area contributed by atoms with E-state index >= 15 is 0 Å². The summed E-state index contributed by atoms with van der Waals surface area (Å²) >= 11 is 0. The quantitative estimate of drug-likeness (QED) is 0.178. The molecule has 8 aromatic carbocycles. The van der Waals surface area contributed by atoms with Crippen LogP contribution < -0.4 is 4.90 Å². The lowest BCUT2D eigenvalue weighted by atomic mass is 9.64. The highest BCUT2D eigenvalue weighted by Gasteiger charge is 2.51. The Bertz CT molecular complexity index is 2820. The van der Waals surface area contributed by atoms with E-state index in [0.717, 1.165) is 45.1 Å². The molecule has 3 heteroatoms. The minimum atomic E-state index is -0.472. The number of hydrogen-bond acceptors (Lipinski definition) is 3. The average Bonchev–Trinajstić information content (AvgIpc) is 3.58. The molecular formula is C53H35N3. The molecule has 0 amide bonds. The standard InChI is InChI=1S/C53H35N3/c1-3-17-36(18-4-1)37-31-33-38(34-32-37)47-35-48(55-52(54-47)39-19-5-2-6-20-39)42-23-9-14-28-49(42)56-50-29-15-12-26-45(50)53(46-27-13-16-30-51(46)56)43-24-10-7-21-40(43)41-22-8-11-25-44(41)53/h1-35H. The lowest BCUT2D eigenvalue weighted by Gasteiger charge is -2.45. The summed E-state index contributed by atoms with van der Waals surface area (Å²) in [4.78, 5) is 13.0. The molecule has 1 spiro atoms. The van der Waals surface area contributed by atoms with Crippen LogP contribution in [0.5, 0.6) is 0 Å². The molecule has 262 valence electrons. The smallest absolute Gasteiger partial charge is 0.160 e. The SMILES string of the molecule is c1ccc(-c2ccc(-c3cc(-c4ccccc4N4c5ccccc5C5(c6ccccc6-c6ccccc65)c5ccccc54)nc(-c4ccccc4)n3)cc2)cc1. The maximum Gasteiger partial charge on any atom is 0.160 e. The Kier molecular flexibility index (Phi) is 7.39. The van der Waals surface area contributed by atoms with Crippen LogP contribution in [0, 0.1) is 0 Å². The van der Waals surface area contributed by atoms with Crippen LogP contribution in [0.2, 0.25) is 0 Å². The van der Waals surface area contributed by atoms with E-state index in [4.69, 9.17) is 9.97 Å². The van der Waals surface area contributed by atoms with Crippen LogP contribution in [0.1, 0.15) is 22.3 Å². The maximum atomic E-state index is 5.32. The second-order valence-corrected chi connectivity index (χ2v) is 14.5. The van der Waals surface area contributed by atoms with Gasteiger partial charge in [0.2, 0.25) is 0 Å². The lowest BCUT2D eigenvalue weighted by Crippen LogP contribution is -2.36. The van der Waals surface area contributed by atoms with Crippen molar-refractivity contribution in [3.63, 3.8) is 0 Å². The van der Waals surface area contributed by atoms with Crippen molar-refractivity contribution in [2.24, 2.45) is 0 Å². The van der Waals surface area contributed by atoms with E-state index in [-0.39, 0.29) is 0 Å². The van der Waals surface area contributed by atoms with Gasteiger partial charge in [0.05, 0.1) is 33.9 Å². The number of rotatable bonds is 5. The van der Waals surface area contributed by atoms with E-state index in [1.165, 1.54) is 44.5 Å². The third kappa shape index (κ3) is 4.84. The lowest BCUT2D eigenvalue weighted by molar-refractivity contribution is 0.752. The largest absolute Gasteiger partial charge is 0.309 e. The molecular weight excluding hydrogens is 679 g/mol. The first-order chi connectivity index (χ1) is 27.8. The van der Waals surface area contributed by atoms with Gasteiger partial charge in [0, 0.05) is 16.7 Å². The summed E-state index contributed by atoms with van der Waals surface area (Å²) in [5.74, 6) is 0.692. The molecule has 0 bridgehead atoms. The van der Waals surface area contributed by atoms with Gasteiger partial charge in [-0.1, -0.05) is 188 Å². The van der Waals surface area contributed by atoms with E-state index < -0.39 is 5.41 Å². The molecule has 1 aliphatic heterocycles. The van der Waals surface area contributed by atoms with Gasteiger partial charge in [-0.3, -0.25) is 0 Å². The molecule has 2 aliphatic rings. The molecule has 0 radical (unpaired) electrons. The zero-order chi connectivity index (χ0) is 37.1. The Morgan fingerprint density at radius 1 is 0.304 bits per heavy atom. The summed E-state index contributed by atoms with van der Waals surface area (Å²) in [7, 11) is 0. The monoisotopic (exact) mass is 713 g/mol. The minimum Gasteiger partial charge on any atom is -0.309 e. The van der Waals surface area contributed by atoms with Crippen molar-refractivity contribution in [3.05, 3.63) is 235 Å². The van der Waals surface area contributed by atoms with E-state index in [0.29, 0.717) is 5.82 Å². The predicted octanol–water partition coefficient (Wildman–Crippen LogP) is 13.3. The summed E-state index contributed by atoms with van der Waals surface area (Å²) < 4.78 is 0. The van der Waals surface area contributed by atoms with Crippen molar-refractivity contribution in [1.29, 1.82) is 0 Å². The number of fused-ring (bicyclic) bond motifs is 9. The van der Waals surface area contributed by atoms with Crippen molar-refractivity contribution in [1.82, 2.24) is 9.97 Å². The van der Waals surface area contributed by atoms with Crippen LogP contribution in [-0.4, -0.2) is 9.97 Å². The topological polar surface area (TPSA) is 29.0 Å². The summed E-state index contributed by atoms with van der Waals surface area (Å²) in [5, 5.41) is 0. The molecule has 2 heterocycles. The van der Waals surface area contributed by atoms with E-state index in [9.17, 15) is 0 Å². The number of para-hydroxylation sites is 3. The van der Waals surface area contributed by atoms with Gasteiger partial charge in [0.25, 0.3) is 0 Å². The van der Waals surface area contributed by atoms with Crippen molar-refractivity contribution in [2.45, 2.75) is 5.41 Å². The fourth-order valence-corrected chi connectivity index (χ4v) is 9.12. The number of nitrogens with zero attached hydrogens (tertiary/aromatic N) is 3. The highest BCUT2D eigenvalue weighted by atomic mass is 15.2. The maximum absolute atomic E-state index is 5.32. The first kappa shape index (κ1) is 32.1. The highest BCUT2D eigenvalue weighted by Crippen LogP contribution is 2.63. The van der Waals surface area contributed by atoms with Gasteiger partial charge in [-0.15, -0.1) is 0 Å². The van der Waals surface area contributed by atoms with Crippen LogP contribution >= 0.6 is 0 Å². The van der Waals surface area contributed by atoms with E-state index in [1.54, 1.807) is 0 Å². The Morgan fingerprint density at radius 2 is 0.714 bits per heavy atom. The fourth-order valence-electron chi connectivity index (χ4n) is 9.12. The van der Waals surface area contributed by atoms with Gasteiger partial charge >= 0.3 is 0 Å². The molecule has 0 saturated heterocycles. The van der Waals surface area contributed by atoms with Gasteiger partial charge in [-0.05, 0) is 68.8 Å². The number of hydrogen-bond donors (Lipinski definition) is 0. The number of aromatic nitrogens is 2. The van der Waals surface area contributed by atoms with Crippen molar-refractivity contribution in [3.8, 4) is 56.2 Å². The summed E-state index contributed by atoms with van der Waals surface area (Å²) in [6.45, 7) is 0. The van der Waals surface area contributed by atoms with Gasteiger partial charge < -0.3 is 4.90 Å². The molecule has 0 unspecified atom stereocenters. The van der Waals surface area contributed by atoms with Gasteiger partial charge in [-0.25, -0.2) is 9.97 Å². The second-order valence-electron chi connectivity index (χ2n) is 14.5. The Balaban J connectivity index is 1.12. The predicted molar refractivity (Wildman–Crippen MR) is 229 cm³/mol. The molecule has 11 rings (SSSR count). The van der Waals surface area contributed by atoms with Crippen LogP contribution in [0.15, 0.2) is 212 Å². The molecule has 9 aromatic rings. The average molecular weight is 714 g/mol. The molecule has 3 nitrogen and oxygen atoms in total. The van der Waals surface area contributed by atoms with Gasteiger partial charge in [-0.2, -0.15) is 0 Å². The summed E-state index contributed by atoms with van der Waals surface area (Å²) in [5.41, 5.74) is 17.8. The van der Waals surface area contributed by atoms with Crippen molar-refractivity contribution in [2.75, 3.05) is 4.90 Å².